The summed E-state index contributed by atoms with van der Waals surface area (Å²) < 4.78 is 5.01. The zero-order chi connectivity index (χ0) is 9.52. The molecule has 1 atom stereocenters. The maximum Gasteiger partial charge on any atom is 0.0613 e. The molecular weight excluding hydrogens is 164 g/mol. The topological polar surface area (TPSA) is 34.1 Å². The lowest BCUT2D eigenvalue weighted by molar-refractivity contribution is 0.171. The molecule has 0 aliphatic carbocycles. The van der Waals surface area contributed by atoms with E-state index in [1.54, 1.807) is 13.3 Å². The van der Waals surface area contributed by atoms with E-state index >= 15 is 0 Å². The molecule has 0 unspecified atom stereocenters. The number of nitrogens with one attached hydrogen (secondary N) is 1. The summed E-state index contributed by atoms with van der Waals surface area (Å²) in [6, 6.07) is 6.28. The molecule has 1 aromatic heterocycles. The van der Waals surface area contributed by atoms with Crippen molar-refractivity contribution in [3.8, 4) is 0 Å². The molecule has 3 heteroatoms. The Morgan fingerprint density at radius 3 is 3.00 bits per heavy atom. The number of nitrogens with zero attached hydrogens (tertiary/aromatic N) is 1. The first-order chi connectivity index (χ1) is 6.33. The number of rotatable bonds is 5. The molecule has 0 spiro atoms. The Balaban J connectivity index is 2.27. The number of aromatic nitrogens is 1. The van der Waals surface area contributed by atoms with Crippen LogP contribution in [0.1, 0.15) is 12.6 Å². The molecule has 0 radical (unpaired) electrons. The van der Waals surface area contributed by atoms with E-state index in [0.29, 0.717) is 6.04 Å². The van der Waals surface area contributed by atoms with Gasteiger partial charge >= 0.3 is 0 Å². The van der Waals surface area contributed by atoms with Gasteiger partial charge in [-0.15, -0.1) is 0 Å². The number of methoxy groups -OCH3 is 1. The predicted molar refractivity (Wildman–Crippen MR) is 52.4 cm³/mol. The van der Waals surface area contributed by atoms with Crippen molar-refractivity contribution in [3.63, 3.8) is 0 Å². The Morgan fingerprint density at radius 2 is 2.38 bits per heavy atom. The fraction of sp³-hybridized carbons (Fsp3) is 0.500. The summed E-state index contributed by atoms with van der Waals surface area (Å²) in [5.74, 6) is 0. The molecule has 0 fully saturated rings. The molecule has 0 aromatic carbocycles. The van der Waals surface area contributed by atoms with Crippen molar-refractivity contribution in [3.05, 3.63) is 30.1 Å². The molecule has 3 nitrogen and oxygen atoms in total. The number of ether oxygens (including phenoxy) is 1. The average molecular weight is 180 g/mol. The van der Waals surface area contributed by atoms with Gasteiger partial charge in [-0.1, -0.05) is 6.07 Å². The van der Waals surface area contributed by atoms with E-state index in [1.807, 2.05) is 18.2 Å². The van der Waals surface area contributed by atoms with Crippen molar-refractivity contribution in [2.24, 2.45) is 0 Å². The minimum atomic E-state index is 0.368. The van der Waals surface area contributed by atoms with Crippen molar-refractivity contribution in [1.82, 2.24) is 10.3 Å². The first-order valence-corrected chi connectivity index (χ1v) is 4.45. The van der Waals surface area contributed by atoms with Crippen molar-refractivity contribution in [1.29, 1.82) is 0 Å². The van der Waals surface area contributed by atoms with Gasteiger partial charge < -0.3 is 10.1 Å². The van der Waals surface area contributed by atoms with E-state index in [-0.39, 0.29) is 0 Å². The Morgan fingerprint density at radius 1 is 1.54 bits per heavy atom. The summed E-state index contributed by atoms with van der Waals surface area (Å²) in [5.41, 5.74) is 1.06. The van der Waals surface area contributed by atoms with E-state index in [9.17, 15) is 0 Å². The lowest BCUT2D eigenvalue weighted by Gasteiger charge is -2.11. The molecule has 0 amide bonds. The summed E-state index contributed by atoms with van der Waals surface area (Å²) in [4.78, 5) is 4.21. The van der Waals surface area contributed by atoms with Crippen LogP contribution in [0.3, 0.4) is 0 Å². The highest BCUT2D eigenvalue weighted by molar-refractivity contribution is 5.02. The second-order valence-electron chi connectivity index (χ2n) is 3.06. The van der Waals surface area contributed by atoms with Crippen LogP contribution >= 0.6 is 0 Å². The van der Waals surface area contributed by atoms with Crippen LogP contribution in [-0.2, 0) is 11.3 Å². The fourth-order valence-electron chi connectivity index (χ4n) is 1.09. The smallest absolute Gasteiger partial charge is 0.0613 e. The number of pyridine rings is 1. The third-order valence-corrected chi connectivity index (χ3v) is 1.77. The van der Waals surface area contributed by atoms with Gasteiger partial charge in [0.25, 0.3) is 0 Å². The molecule has 1 heterocycles. The van der Waals surface area contributed by atoms with Crippen molar-refractivity contribution in [2.45, 2.75) is 19.5 Å². The highest BCUT2D eigenvalue weighted by Gasteiger charge is 1.99. The van der Waals surface area contributed by atoms with Gasteiger partial charge in [-0.2, -0.15) is 0 Å². The number of hydrogen-bond donors (Lipinski definition) is 1. The molecular formula is C10H16N2O. The first-order valence-electron chi connectivity index (χ1n) is 4.45. The van der Waals surface area contributed by atoms with Gasteiger partial charge in [0.15, 0.2) is 0 Å². The lowest BCUT2D eigenvalue weighted by Crippen LogP contribution is -2.29. The summed E-state index contributed by atoms with van der Waals surface area (Å²) >= 11 is 0. The van der Waals surface area contributed by atoms with Gasteiger partial charge in [0.1, 0.15) is 0 Å². The van der Waals surface area contributed by atoms with Crippen LogP contribution in [-0.4, -0.2) is 24.7 Å². The molecule has 1 N–H and O–H groups in total. The summed E-state index contributed by atoms with van der Waals surface area (Å²) in [5, 5.41) is 3.31. The van der Waals surface area contributed by atoms with E-state index in [0.717, 1.165) is 18.8 Å². The monoisotopic (exact) mass is 180 g/mol. The van der Waals surface area contributed by atoms with Crippen molar-refractivity contribution in [2.75, 3.05) is 13.7 Å². The van der Waals surface area contributed by atoms with Crippen LogP contribution in [0.2, 0.25) is 0 Å². The van der Waals surface area contributed by atoms with Gasteiger partial charge in [0.05, 0.1) is 12.3 Å². The lowest BCUT2D eigenvalue weighted by atomic mass is 10.3. The summed E-state index contributed by atoms with van der Waals surface area (Å²) in [6.45, 7) is 3.62. The van der Waals surface area contributed by atoms with Crippen LogP contribution in [0, 0.1) is 0 Å². The molecule has 0 bridgehead atoms. The van der Waals surface area contributed by atoms with Crippen LogP contribution in [0.15, 0.2) is 24.4 Å². The van der Waals surface area contributed by atoms with Crippen LogP contribution in [0.25, 0.3) is 0 Å². The van der Waals surface area contributed by atoms with Gasteiger partial charge in [-0.3, -0.25) is 4.98 Å². The summed E-state index contributed by atoms with van der Waals surface area (Å²) in [7, 11) is 1.71. The molecule has 0 aliphatic rings. The van der Waals surface area contributed by atoms with Crippen LogP contribution in [0.5, 0.6) is 0 Å². The minimum Gasteiger partial charge on any atom is -0.383 e. The molecule has 1 aromatic rings. The fourth-order valence-corrected chi connectivity index (χ4v) is 1.09. The second-order valence-corrected chi connectivity index (χ2v) is 3.06. The third kappa shape index (κ3) is 4.01. The zero-order valence-electron chi connectivity index (χ0n) is 8.16. The molecule has 13 heavy (non-hydrogen) atoms. The predicted octanol–water partition coefficient (Wildman–Crippen LogP) is 1.21. The standard InChI is InChI=1S/C10H16N2O/c1-9(8-13-2)12-7-10-5-3-4-6-11-10/h3-6,9,12H,7-8H2,1-2H3/t9-/m1/s1. The second kappa shape index (κ2) is 5.67. The van der Waals surface area contributed by atoms with Crippen molar-refractivity contribution < 1.29 is 4.74 Å². The highest BCUT2D eigenvalue weighted by atomic mass is 16.5. The van der Waals surface area contributed by atoms with Crippen LogP contribution in [0.4, 0.5) is 0 Å². The molecule has 0 saturated heterocycles. The molecule has 1 rings (SSSR count). The Hall–Kier alpha value is -0.930. The molecule has 0 saturated carbocycles. The number of hydrogen-bond acceptors (Lipinski definition) is 3. The van der Waals surface area contributed by atoms with E-state index < -0.39 is 0 Å². The average Bonchev–Trinajstić information content (AvgIpc) is 2.17. The van der Waals surface area contributed by atoms with Gasteiger partial charge in [-0.25, -0.2) is 0 Å². The quantitative estimate of drug-likeness (QED) is 0.739. The van der Waals surface area contributed by atoms with E-state index in [2.05, 4.69) is 17.2 Å². The Bertz CT molecular complexity index is 226. The van der Waals surface area contributed by atoms with E-state index in [4.69, 9.17) is 4.74 Å². The molecule has 72 valence electrons. The maximum atomic E-state index is 5.01. The molecule has 0 aliphatic heterocycles. The first kappa shape index (κ1) is 10.2. The van der Waals surface area contributed by atoms with Gasteiger partial charge in [0.2, 0.25) is 0 Å². The van der Waals surface area contributed by atoms with Crippen molar-refractivity contribution >= 4 is 0 Å². The van der Waals surface area contributed by atoms with Crippen LogP contribution < -0.4 is 5.32 Å². The Labute approximate surface area is 79.1 Å². The maximum absolute atomic E-state index is 5.01. The van der Waals surface area contributed by atoms with E-state index in [1.165, 1.54) is 0 Å². The summed E-state index contributed by atoms with van der Waals surface area (Å²) in [6.07, 6.45) is 1.80. The third-order valence-electron chi connectivity index (χ3n) is 1.77. The SMILES string of the molecule is COC[C@@H](C)NCc1ccccn1. The normalized spacial score (nSPS) is 12.8. The largest absolute Gasteiger partial charge is 0.383 e. The highest BCUT2D eigenvalue weighted by Crippen LogP contribution is 1.93. The Kier molecular flexibility index (Phi) is 4.43. The zero-order valence-corrected chi connectivity index (χ0v) is 8.16. The van der Waals surface area contributed by atoms with Gasteiger partial charge in [-0.05, 0) is 19.1 Å². The minimum absolute atomic E-state index is 0.368. The van der Waals surface area contributed by atoms with Gasteiger partial charge in [0, 0.05) is 25.9 Å².